The second kappa shape index (κ2) is 14.4. The second-order valence-electron chi connectivity index (χ2n) is 11.6. The van der Waals surface area contributed by atoms with Crippen LogP contribution in [0.25, 0.3) is 21.8 Å². The molecule has 2 atom stereocenters. The van der Waals surface area contributed by atoms with Gasteiger partial charge in [0.2, 0.25) is 0 Å². The van der Waals surface area contributed by atoms with Crippen molar-refractivity contribution in [3.8, 4) is 23.0 Å². The summed E-state index contributed by atoms with van der Waals surface area (Å²) in [6.07, 6.45) is 5.94. The molecule has 6 N–H and O–H groups in total. The maximum atomic E-state index is 13.3. The van der Waals surface area contributed by atoms with Crippen molar-refractivity contribution in [3.05, 3.63) is 108 Å². The minimum atomic E-state index is -2.24. The van der Waals surface area contributed by atoms with Crippen LogP contribution in [-0.4, -0.2) is 89.6 Å². The zero-order chi connectivity index (χ0) is 37.1. The van der Waals surface area contributed by atoms with Crippen LogP contribution in [0.15, 0.2) is 85.5 Å². The highest BCUT2D eigenvalue weighted by molar-refractivity contribution is 6.05. The number of carboxylic acid groups (broad SMARTS) is 2. The van der Waals surface area contributed by atoms with Crippen LogP contribution in [0.5, 0.6) is 23.0 Å². The third-order valence-electron chi connectivity index (χ3n) is 8.49. The zero-order valence-electron chi connectivity index (χ0n) is 27.7. The molecule has 4 aromatic heterocycles. The third-order valence-corrected chi connectivity index (χ3v) is 8.49. The lowest BCUT2D eigenvalue weighted by Crippen LogP contribution is -2.59. The number of carbonyl (C=O) groups excluding carboxylic acids is 2. The SMILES string of the molecule is COc1cccc(Cn2ccc3c(O)c(C(=O)NC(C(=O)O)C(NC(=O)c4ncc5c(ccn5Cc5ccccc5OC)c4O)C(=O)O)ncc32)c1. The lowest BCUT2D eigenvalue weighted by molar-refractivity contribution is -0.147. The number of carboxylic acids is 2. The van der Waals surface area contributed by atoms with Crippen LogP contribution >= 0.6 is 0 Å². The third kappa shape index (κ3) is 6.72. The molecule has 2 unspecified atom stereocenters. The number of para-hydroxylation sites is 1. The molecule has 0 saturated carbocycles. The predicted molar refractivity (Wildman–Crippen MR) is 185 cm³/mol. The van der Waals surface area contributed by atoms with E-state index in [-0.39, 0.29) is 10.8 Å². The Kier molecular flexibility index (Phi) is 9.62. The molecule has 4 heterocycles. The molecule has 0 spiro atoms. The number of ether oxygens (including phenoxy) is 2. The molecule has 0 aliphatic carbocycles. The van der Waals surface area contributed by atoms with E-state index in [2.05, 4.69) is 9.97 Å². The summed E-state index contributed by atoms with van der Waals surface area (Å²) < 4.78 is 14.2. The Hall–Kier alpha value is -7.10. The molecule has 0 radical (unpaired) electrons. The summed E-state index contributed by atoms with van der Waals surface area (Å²) in [7, 11) is 3.09. The van der Waals surface area contributed by atoms with Crippen LogP contribution < -0.4 is 20.1 Å². The van der Waals surface area contributed by atoms with Crippen LogP contribution in [0, 0.1) is 0 Å². The van der Waals surface area contributed by atoms with Crippen molar-refractivity contribution in [2.75, 3.05) is 14.2 Å². The molecule has 2 amide bonds. The molecule has 266 valence electrons. The maximum absolute atomic E-state index is 13.3. The Labute approximate surface area is 294 Å². The number of carbonyl (C=O) groups is 4. The maximum Gasteiger partial charge on any atom is 0.329 e. The topological polar surface area (TPSA) is 227 Å². The lowest BCUT2D eigenvalue weighted by Gasteiger charge is -2.22. The number of fused-ring (bicyclic) bond motifs is 2. The van der Waals surface area contributed by atoms with Crippen molar-refractivity contribution in [2.45, 2.75) is 25.2 Å². The molecule has 0 fully saturated rings. The number of hydrogen-bond acceptors (Lipinski definition) is 10. The van der Waals surface area contributed by atoms with E-state index in [4.69, 9.17) is 9.47 Å². The smallest absolute Gasteiger partial charge is 0.329 e. The number of nitrogens with one attached hydrogen (secondary N) is 2. The van der Waals surface area contributed by atoms with Gasteiger partial charge in [0.15, 0.2) is 35.0 Å². The minimum absolute atomic E-state index is 0.222. The summed E-state index contributed by atoms with van der Waals surface area (Å²) in [5.41, 5.74) is 1.48. The summed E-state index contributed by atoms with van der Waals surface area (Å²) in [6, 6.07) is 13.3. The fourth-order valence-corrected chi connectivity index (χ4v) is 5.87. The number of methoxy groups -OCH3 is 2. The quantitative estimate of drug-likeness (QED) is 0.102. The highest BCUT2D eigenvalue weighted by atomic mass is 16.5. The van der Waals surface area contributed by atoms with Gasteiger partial charge in [-0.15, -0.1) is 0 Å². The van der Waals surface area contributed by atoms with Gasteiger partial charge in [0.25, 0.3) is 11.8 Å². The standard InChI is InChI=1S/C36H32N6O10/c1-51-21-8-5-6-19(14-21)17-41-12-10-22-24(41)15-37-29(31(22)43)33(45)39-27(35(47)48)28(36(49)50)40-34(46)30-32(44)23-11-13-42(25(23)16-38-30)18-20-7-3-4-9-26(20)52-2/h3-16,27-28,43-44H,17-18H2,1-2H3,(H,39,45)(H,40,46)(H,47,48)(H,49,50). The zero-order valence-corrected chi connectivity index (χ0v) is 27.7. The lowest BCUT2D eigenvalue weighted by atomic mass is 10.1. The second-order valence-corrected chi connectivity index (χ2v) is 11.6. The number of pyridine rings is 2. The summed E-state index contributed by atoms with van der Waals surface area (Å²) in [4.78, 5) is 59.2. The van der Waals surface area contributed by atoms with E-state index in [1.807, 2.05) is 47.0 Å². The molecule has 6 rings (SSSR count). The van der Waals surface area contributed by atoms with Crippen molar-refractivity contribution in [1.29, 1.82) is 0 Å². The highest BCUT2D eigenvalue weighted by Crippen LogP contribution is 2.31. The number of aromatic hydroxyl groups is 2. The van der Waals surface area contributed by atoms with Gasteiger partial charge in [-0.05, 0) is 35.9 Å². The Morgan fingerprint density at radius 3 is 1.77 bits per heavy atom. The molecular weight excluding hydrogens is 676 g/mol. The first-order valence-corrected chi connectivity index (χ1v) is 15.7. The van der Waals surface area contributed by atoms with Gasteiger partial charge in [-0.25, -0.2) is 19.6 Å². The number of nitrogens with zero attached hydrogens (tertiary/aromatic N) is 4. The summed E-state index contributed by atoms with van der Waals surface area (Å²) >= 11 is 0. The molecule has 52 heavy (non-hydrogen) atoms. The van der Waals surface area contributed by atoms with Crippen molar-refractivity contribution >= 4 is 45.6 Å². The van der Waals surface area contributed by atoms with E-state index in [1.165, 1.54) is 18.5 Å². The monoisotopic (exact) mass is 708 g/mol. The summed E-state index contributed by atoms with van der Waals surface area (Å²) in [5, 5.41) is 46.4. The van der Waals surface area contributed by atoms with Crippen molar-refractivity contribution in [1.82, 2.24) is 29.7 Å². The normalized spacial score (nSPS) is 12.3. The van der Waals surface area contributed by atoms with Crippen molar-refractivity contribution in [2.24, 2.45) is 0 Å². The van der Waals surface area contributed by atoms with Gasteiger partial charge in [-0.2, -0.15) is 0 Å². The predicted octanol–water partition coefficient (Wildman–Crippen LogP) is 2.98. The van der Waals surface area contributed by atoms with Gasteiger partial charge >= 0.3 is 11.9 Å². The largest absolute Gasteiger partial charge is 0.505 e. The molecule has 0 bridgehead atoms. The highest BCUT2D eigenvalue weighted by Gasteiger charge is 2.38. The van der Waals surface area contributed by atoms with E-state index in [9.17, 15) is 39.6 Å². The minimum Gasteiger partial charge on any atom is -0.505 e. The number of hydrogen-bond donors (Lipinski definition) is 6. The first-order chi connectivity index (χ1) is 25.0. The van der Waals surface area contributed by atoms with Crippen LogP contribution in [0.1, 0.15) is 32.1 Å². The number of aliphatic carboxylic acids is 2. The molecule has 2 aromatic carbocycles. The van der Waals surface area contributed by atoms with Crippen molar-refractivity contribution in [3.63, 3.8) is 0 Å². The van der Waals surface area contributed by atoms with Gasteiger partial charge in [0.1, 0.15) is 11.5 Å². The van der Waals surface area contributed by atoms with Gasteiger partial charge < -0.3 is 49.7 Å². The van der Waals surface area contributed by atoms with E-state index < -0.39 is 58.7 Å². The Balaban J connectivity index is 1.21. The molecule has 6 aromatic rings. The van der Waals surface area contributed by atoms with Crippen molar-refractivity contribution < 1.29 is 49.1 Å². The van der Waals surface area contributed by atoms with Gasteiger partial charge in [0.05, 0.1) is 44.2 Å². The van der Waals surface area contributed by atoms with Crippen LogP contribution in [-0.2, 0) is 22.7 Å². The summed E-state index contributed by atoms with van der Waals surface area (Å²) in [6.45, 7) is 0.717. The number of aromatic nitrogens is 4. The molecular formula is C36H32N6O10. The molecule has 0 aliphatic heterocycles. The summed E-state index contributed by atoms with van der Waals surface area (Å²) in [5.74, 6) is -5.91. The average Bonchev–Trinajstić information content (AvgIpc) is 3.74. The molecule has 16 nitrogen and oxygen atoms in total. The van der Waals surface area contributed by atoms with E-state index in [0.717, 1.165) is 11.1 Å². The number of rotatable bonds is 13. The Morgan fingerprint density at radius 2 is 1.25 bits per heavy atom. The number of amides is 2. The Morgan fingerprint density at radius 1 is 0.712 bits per heavy atom. The molecule has 0 aliphatic rings. The number of benzene rings is 2. The van der Waals surface area contributed by atoms with Gasteiger partial charge in [0, 0.05) is 35.3 Å². The molecule has 16 heteroatoms. The van der Waals surface area contributed by atoms with Crippen LogP contribution in [0.3, 0.4) is 0 Å². The van der Waals surface area contributed by atoms with E-state index in [1.54, 1.807) is 53.9 Å². The molecule has 0 saturated heterocycles. The van der Waals surface area contributed by atoms with Gasteiger partial charge in [-0.3, -0.25) is 9.59 Å². The fraction of sp³-hybridized carbons (Fsp3) is 0.167. The fourth-order valence-electron chi connectivity index (χ4n) is 5.87. The Bertz CT molecular complexity index is 2350. The van der Waals surface area contributed by atoms with E-state index >= 15 is 0 Å². The average molecular weight is 709 g/mol. The first kappa shape index (κ1) is 34.8. The first-order valence-electron chi connectivity index (χ1n) is 15.7. The van der Waals surface area contributed by atoms with E-state index in [0.29, 0.717) is 35.6 Å². The van der Waals surface area contributed by atoms with Crippen LogP contribution in [0.4, 0.5) is 0 Å². The van der Waals surface area contributed by atoms with Gasteiger partial charge in [-0.1, -0.05) is 30.3 Å². The van der Waals surface area contributed by atoms with Crippen LogP contribution in [0.2, 0.25) is 0 Å².